The first kappa shape index (κ1) is 27.8. The fourth-order valence-corrected chi connectivity index (χ4v) is 11.1. The Bertz CT molecular complexity index is 3370. The van der Waals surface area contributed by atoms with Crippen molar-refractivity contribution in [2.75, 3.05) is 0 Å². The van der Waals surface area contributed by atoms with E-state index in [4.69, 9.17) is 4.42 Å². The molecular weight excluding hydrogens is 657 g/mol. The lowest BCUT2D eigenvalue weighted by Gasteiger charge is -2.18. The van der Waals surface area contributed by atoms with Gasteiger partial charge in [0.2, 0.25) is 0 Å². The quantitative estimate of drug-likeness (QED) is 0.165. The first-order chi connectivity index (χ1) is 25.3. The smallest absolute Gasteiger partial charge is 0.136 e. The molecule has 3 aromatic heterocycles. The minimum absolute atomic E-state index is 0.917. The van der Waals surface area contributed by atoms with Gasteiger partial charge >= 0.3 is 0 Å². The van der Waals surface area contributed by atoms with Gasteiger partial charge in [-0.2, -0.15) is 0 Å². The highest BCUT2D eigenvalue weighted by Gasteiger charge is 2.23. The average Bonchev–Trinajstić information content (AvgIpc) is 3.86. The van der Waals surface area contributed by atoms with Crippen molar-refractivity contribution < 1.29 is 4.42 Å². The van der Waals surface area contributed by atoms with Crippen LogP contribution in [0.4, 0.5) is 0 Å². The fraction of sp³-hybridized carbons (Fsp3) is 0. The molecule has 3 heterocycles. The van der Waals surface area contributed by atoms with Gasteiger partial charge in [-0.25, -0.2) is 0 Å². The molecule has 0 aliphatic heterocycles. The van der Waals surface area contributed by atoms with Gasteiger partial charge in [-0.05, 0) is 91.5 Å². The normalized spacial score (nSPS) is 12.3. The molecule has 12 aromatic rings. The van der Waals surface area contributed by atoms with Gasteiger partial charge in [0, 0.05) is 56.7 Å². The SMILES string of the molecule is c1ccc2cc3c(cc2c1)sc1c(-c2c4ccccc4c(-c4ccc5c(c4)oc4ccccc45)c4ccccc24)cc2sc4ccccc4c2c13. The van der Waals surface area contributed by atoms with Crippen LogP contribution in [0.15, 0.2) is 162 Å². The Morgan fingerprint density at radius 3 is 1.73 bits per heavy atom. The van der Waals surface area contributed by atoms with E-state index in [0.29, 0.717) is 0 Å². The van der Waals surface area contributed by atoms with E-state index in [1.165, 1.54) is 94.9 Å². The number of hydrogen-bond donors (Lipinski definition) is 0. The van der Waals surface area contributed by atoms with Crippen LogP contribution >= 0.6 is 22.7 Å². The van der Waals surface area contributed by atoms with Crippen LogP contribution < -0.4 is 0 Å². The topological polar surface area (TPSA) is 13.1 Å². The standard InChI is InChI=1S/C48H26OS2/c1-2-12-28-25-42-37(23-27(28)11-1)47-46-36-18-8-10-20-41(36)50-43(46)26-38(48(47)51-42)45-34-16-5-3-14-32(34)44(33-15-4-6-17-35(33)45)29-21-22-31-30-13-7-9-19-39(30)49-40(31)24-29/h1-26H. The second-order valence-corrected chi connectivity index (χ2v) is 15.7. The molecule has 0 atom stereocenters. The molecule has 0 saturated heterocycles. The van der Waals surface area contributed by atoms with Gasteiger partial charge in [0.25, 0.3) is 0 Å². The Morgan fingerprint density at radius 2 is 0.961 bits per heavy atom. The monoisotopic (exact) mass is 682 g/mol. The van der Waals surface area contributed by atoms with E-state index in [9.17, 15) is 0 Å². The highest BCUT2D eigenvalue weighted by Crippen LogP contribution is 2.52. The molecule has 236 valence electrons. The number of fused-ring (bicyclic) bond motifs is 13. The zero-order valence-electron chi connectivity index (χ0n) is 27.2. The van der Waals surface area contributed by atoms with Crippen LogP contribution in [0.25, 0.3) is 117 Å². The maximum absolute atomic E-state index is 6.41. The molecular formula is C48H26OS2. The maximum Gasteiger partial charge on any atom is 0.136 e. The number of para-hydroxylation sites is 1. The summed E-state index contributed by atoms with van der Waals surface area (Å²) in [6, 6.07) is 58.1. The molecule has 0 spiro atoms. The number of furan rings is 1. The highest BCUT2D eigenvalue weighted by atomic mass is 32.1. The molecule has 12 rings (SSSR count). The lowest BCUT2D eigenvalue weighted by atomic mass is 9.85. The van der Waals surface area contributed by atoms with Crippen molar-refractivity contribution >= 4 is 117 Å². The van der Waals surface area contributed by atoms with Crippen molar-refractivity contribution in [1.82, 2.24) is 0 Å². The average molecular weight is 683 g/mol. The molecule has 0 unspecified atom stereocenters. The zero-order valence-corrected chi connectivity index (χ0v) is 28.9. The van der Waals surface area contributed by atoms with Crippen molar-refractivity contribution in [2.24, 2.45) is 0 Å². The number of benzene rings is 9. The zero-order chi connectivity index (χ0) is 33.2. The lowest BCUT2D eigenvalue weighted by molar-refractivity contribution is 0.669. The molecule has 0 saturated carbocycles. The molecule has 0 aliphatic carbocycles. The second-order valence-electron chi connectivity index (χ2n) is 13.5. The summed E-state index contributed by atoms with van der Waals surface area (Å²) in [4.78, 5) is 0. The lowest BCUT2D eigenvalue weighted by Crippen LogP contribution is -1.91. The third kappa shape index (κ3) is 3.85. The van der Waals surface area contributed by atoms with E-state index in [0.717, 1.165) is 21.9 Å². The van der Waals surface area contributed by atoms with E-state index in [1.54, 1.807) is 0 Å². The van der Waals surface area contributed by atoms with E-state index < -0.39 is 0 Å². The summed E-state index contributed by atoms with van der Waals surface area (Å²) in [6.45, 7) is 0. The molecule has 51 heavy (non-hydrogen) atoms. The number of hydrogen-bond acceptors (Lipinski definition) is 3. The Hall–Kier alpha value is -6.00. The molecule has 1 nitrogen and oxygen atoms in total. The predicted octanol–water partition coefficient (Wildman–Crippen LogP) is 15.1. The van der Waals surface area contributed by atoms with Crippen molar-refractivity contribution in [3.8, 4) is 22.3 Å². The predicted molar refractivity (Wildman–Crippen MR) is 223 cm³/mol. The Labute approximate surface area is 300 Å². The summed E-state index contributed by atoms with van der Waals surface area (Å²) in [6.07, 6.45) is 0. The summed E-state index contributed by atoms with van der Waals surface area (Å²) in [5.41, 5.74) is 6.86. The van der Waals surface area contributed by atoms with Crippen molar-refractivity contribution in [2.45, 2.75) is 0 Å². The van der Waals surface area contributed by atoms with Gasteiger partial charge in [-0.3, -0.25) is 0 Å². The van der Waals surface area contributed by atoms with Crippen LogP contribution in [0, 0.1) is 0 Å². The molecule has 0 N–H and O–H groups in total. The van der Waals surface area contributed by atoms with E-state index in [-0.39, 0.29) is 0 Å². The molecule has 0 amide bonds. The van der Waals surface area contributed by atoms with Crippen LogP contribution in [-0.4, -0.2) is 0 Å². The fourth-order valence-electron chi connectivity index (χ4n) is 8.64. The van der Waals surface area contributed by atoms with Gasteiger partial charge in [-0.15, -0.1) is 22.7 Å². The molecule has 3 heteroatoms. The molecule has 0 radical (unpaired) electrons. The summed E-state index contributed by atoms with van der Waals surface area (Å²) in [7, 11) is 0. The molecule has 0 fully saturated rings. The maximum atomic E-state index is 6.41. The summed E-state index contributed by atoms with van der Waals surface area (Å²) in [5.74, 6) is 0. The van der Waals surface area contributed by atoms with Gasteiger partial charge in [0.05, 0.1) is 0 Å². The van der Waals surface area contributed by atoms with Gasteiger partial charge in [0.1, 0.15) is 11.2 Å². The van der Waals surface area contributed by atoms with Crippen LogP contribution in [0.1, 0.15) is 0 Å². The van der Waals surface area contributed by atoms with E-state index in [2.05, 4.69) is 152 Å². The van der Waals surface area contributed by atoms with E-state index >= 15 is 0 Å². The van der Waals surface area contributed by atoms with Gasteiger partial charge in [-0.1, -0.05) is 115 Å². The van der Waals surface area contributed by atoms with E-state index in [1.807, 2.05) is 28.7 Å². The summed E-state index contributed by atoms with van der Waals surface area (Å²) >= 11 is 3.85. The van der Waals surface area contributed by atoms with Crippen LogP contribution in [0.2, 0.25) is 0 Å². The van der Waals surface area contributed by atoms with Crippen molar-refractivity contribution in [1.29, 1.82) is 0 Å². The van der Waals surface area contributed by atoms with Crippen molar-refractivity contribution in [3.05, 3.63) is 158 Å². The molecule has 9 aromatic carbocycles. The molecule has 0 aliphatic rings. The van der Waals surface area contributed by atoms with Crippen molar-refractivity contribution in [3.63, 3.8) is 0 Å². The first-order valence-electron chi connectivity index (χ1n) is 17.3. The Morgan fingerprint density at radius 1 is 0.353 bits per heavy atom. The minimum Gasteiger partial charge on any atom is -0.456 e. The second kappa shape index (κ2) is 10.3. The summed E-state index contributed by atoms with van der Waals surface area (Å²) < 4.78 is 11.7. The van der Waals surface area contributed by atoms with Crippen LogP contribution in [-0.2, 0) is 0 Å². The third-order valence-corrected chi connectivity index (χ3v) is 13.1. The molecule has 0 bridgehead atoms. The third-order valence-electron chi connectivity index (χ3n) is 10.8. The largest absolute Gasteiger partial charge is 0.456 e. The highest BCUT2D eigenvalue weighted by molar-refractivity contribution is 7.28. The minimum atomic E-state index is 0.917. The van der Waals surface area contributed by atoms with Crippen LogP contribution in [0.5, 0.6) is 0 Å². The Kier molecular flexibility index (Phi) is 5.59. The van der Waals surface area contributed by atoms with Gasteiger partial charge in [0.15, 0.2) is 0 Å². The Balaban J connectivity index is 1.24. The number of thiophene rings is 2. The number of rotatable bonds is 2. The van der Waals surface area contributed by atoms with Gasteiger partial charge < -0.3 is 4.42 Å². The van der Waals surface area contributed by atoms with Crippen LogP contribution in [0.3, 0.4) is 0 Å². The summed E-state index contributed by atoms with van der Waals surface area (Å²) in [5, 5.41) is 15.3. The first-order valence-corrected chi connectivity index (χ1v) is 19.0.